The summed E-state index contributed by atoms with van der Waals surface area (Å²) >= 11 is 0. The number of nitrogens with one attached hydrogen (secondary N) is 1. The zero-order valence-electron chi connectivity index (χ0n) is 14.0. The molecule has 1 aliphatic rings. The minimum Gasteiger partial charge on any atom is -0.350 e. The van der Waals surface area contributed by atoms with E-state index in [4.69, 9.17) is 5.73 Å². The van der Waals surface area contributed by atoms with Gasteiger partial charge in [0.1, 0.15) is 0 Å². The molecule has 2 aromatic carbocycles. The molecule has 2 atom stereocenters. The lowest BCUT2D eigenvalue weighted by Gasteiger charge is -2.19. The molecule has 2 aromatic rings. The van der Waals surface area contributed by atoms with E-state index in [1.165, 1.54) is 18.4 Å². The zero-order chi connectivity index (χ0) is 16.4. The van der Waals surface area contributed by atoms with Gasteiger partial charge in [-0.2, -0.15) is 0 Å². The Morgan fingerprint density at radius 1 is 1.30 bits per heavy atom. The Morgan fingerprint density at radius 3 is 2.78 bits per heavy atom. The molecule has 0 spiro atoms. The minimum absolute atomic E-state index is 0.000366. The van der Waals surface area contributed by atoms with Crippen LogP contribution >= 0.6 is 0 Å². The molecular formula is C20H26N2O. The van der Waals surface area contributed by atoms with E-state index in [1.807, 2.05) is 12.1 Å². The molecule has 1 aliphatic carbocycles. The summed E-state index contributed by atoms with van der Waals surface area (Å²) in [7, 11) is 0. The van der Waals surface area contributed by atoms with Crippen LogP contribution in [0, 0.1) is 5.92 Å². The Morgan fingerprint density at radius 2 is 2.09 bits per heavy atom. The van der Waals surface area contributed by atoms with Gasteiger partial charge in [0.05, 0.1) is 0 Å². The summed E-state index contributed by atoms with van der Waals surface area (Å²) in [6, 6.07) is 12.4. The van der Waals surface area contributed by atoms with E-state index in [9.17, 15) is 4.79 Å². The molecular weight excluding hydrogens is 284 g/mol. The van der Waals surface area contributed by atoms with Crippen LogP contribution in [0.4, 0.5) is 0 Å². The lowest BCUT2D eigenvalue weighted by molar-refractivity contribution is 0.0950. The summed E-state index contributed by atoms with van der Waals surface area (Å²) in [4.78, 5) is 12.5. The molecule has 0 aliphatic heterocycles. The van der Waals surface area contributed by atoms with E-state index in [2.05, 4.69) is 43.4 Å². The number of nitrogens with two attached hydrogens (primary N) is 1. The number of rotatable bonds is 6. The highest BCUT2D eigenvalue weighted by Gasteiger charge is 2.23. The Kier molecular flexibility index (Phi) is 4.67. The van der Waals surface area contributed by atoms with E-state index >= 15 is 0 Å². The van der Waals surface area contributed by atoms with E-state index in [1.54, 1.807) is 0 Å². The van der Waals surface area contributed by atoms with Gasteiger partial charge in [-0.1, -0.05) is 50.6 Å². The van der Waals surface area contributed by atoms with Crippen LogP contribution < -0.4 is 11.1 Å². The van der Waals surface area contributed by atoms with Crippen molar-refractivity contribution in [2.24, 2.45) is 11.7 Å². The van der Waals surface area contributed by atoms with Gasteiger partial charge in [0.2, 0.25) is 0 Å². The SMILES string of the molecule is CC[C@H](C)[C@H](N)CNC(=O)c1cccc2cc(C3CC3)ccc12. The average Bonchev–Trinajstić information content (AvgIpc) is 3.42. The number of fused-ring (bicyclic) bond motifs is 1. The molecule has 0 radical (unpaired) electrons. The number of hydrogen-bond donors (Lipinski definition) is 2. The van der Waals surface area contributed by atoms with Gasteiger partial charge in [-0.15, -0.1) is 0 Å². The average molecular weight is 310 g/mol. The van der Waals surface area contributed by atoms with E-state index in [-0.39, 0.29) is 11.9 Å². The van der Waals surface area contributed by atoms with Crippen LogP contribution in [0.5, 0.6) is 0 Å². The summed E-state index contributed by atoms with van der Waals surface area (Å²) in [5.74, 6) is 1.10. The van der Waals surface area contributed by atoms with Gasteiger partial charge < -0.3 is 11.1 Å². The van der Waals surface area contributed by atoms with Crippen molar-refractivity contribution < 1.29 is 4.79 Å². The summed E-state index contributed by atoms with van der Waals surface area (Å²) in [5, 5.41) is 5.16. The Hall–Kier alpha value is -1.87. The van der Waals surface area contributed by atoms with Crippen LogP contribution in [0.15, 0.2) is 36.4 Å². The van der Waals surface area contributed by atoms with E-state index in [0.717, 1.165) is 28.7 Å². The molecule has 3 nitrogen and oxygen atoms in total. The fourth-order valence-electron chi connectivity index (χ4n) is 2.98. The van der Waals surface area contributed by atoms with Crippen molar-refractivity contribution in [3.63, 3.8) is 0 Å². The maximum absolute atomic E-state index is 12.5. The second kappa shape index (κ2) is 6.71. The Labute approximate surface area is 138 Å². The highest BCUT2D eigenvalue weighted by Crippen LogP contribution is 2.41. The third kappa shape index (κ3) is 3.56. The maximum atomic E-state index is 12.5. The summed E-state index contributed by atoms with van der Waals surface area (Å²) in [6.07, 6.45) is 3.60. The van der Waals surface area contributed by atoms with Gasteiger partial charge in [-0.3, -0.25) is 4.79 Å². The third-order valence-electron chi connectivity index (χ3n) is 5.07. The molecule has 23 heavy (non-hydrogen) atoms. The van der Waals surface area contributed by atoms with Gasteiger partial charge in [0.25, 0.3) is 5.91 Å². The van der Waals surface area contributed by atoms with Gasteiger partial charge in [0, 0.05) is 18.2 Å². The predicted molar refractivity (Wildman–Crippen MR) is 95.7 cm³/mol. The number of amides is 1. The lowest BCUT2D eigenvalue weighted by Crippen LogP contribution is -2.41. The molecule has 1 saturated carbocycles. The fraction of sp³-hybridized carbons (Fsp3) is 0.450. The number of carbonyl (C=O) groups is 1. The molecule has 0 unspecified atom stereocenters. The first kappa shape index (κ1) is 16.0. The standard InChI is InChI=1S/C20H26N2O/c1-3-13(2)19(21)12-22-20(23)18-6-4-5-16-11-15(14-7-8-14)9-10-17(16)18/h4-6,9-11,13-14,19H,3,7-8,12,21H2,1-2H3,(H,22,23)/t13-,19+/m0/s1. The quantitative estimate of drug-likeness (QED) is 0.852. The fourth-order valence-corrected chi connectivity index (χ4v) is 2.98. The minimum atomic E-state index is -0.0338. The summed E-state index contributed by atoms with van der Waals surface area (Å²) in [6.45, 7) is 4.76. The maximum Gasteiger partial charge on any atom is 0.251 e. The molecule has 0 heterocycles. The van der Waals surface area contributed by atoms with Gasteiger partial charge in [-0.25, -0.2) is 0 Å². The highest BCUT2D eigenvalue weighted by atomic mass is 16.1. The van der Waals surface area contributed by atoms with Crippen molar-refractivity contribution >= 4 is 16.7 Å². The number of carbonyl (C=O) groups excluding carboxylic acids is 1. The largest absolute Gasteiger partial charge is 0.350 e. The molecule has 0 bridgehead atoms. The van der Waals surface area contributed by atoms with Crippen LogP contribution in [0.2, 0.25) is 0 Å². The Balaban J connectivity index is 1.77. The van der Waals surface area contributed by atoms with Gasteiger partial charge >= 0.3 is 0 Å². The van der Waals surface area contributed by atoms with Crippen molar-refractivity contribution in [2.75, 3.05) is 6.54 Å². The summed E-state index contributed by atoms with van der Waals surface area (Å²) < 4.78 is 0. The molecule has 3 heteroatoms. The van der Waals surface area contributed by atoms with Crippen molar-refractivity contribution in [1.82, 2.24) is 5.32 Å². The van der Waals surface area contributed by atoms with Crippen LogP contribution in [0.25, 0.3) is 10.8 Å². The van der Waals surface area contributed by atoms with E-state index in [0.29, 0.717) is 12.5 Å². The topological polar surface area (TPSA) is 55.1 Å². The second-order valence-corrected chi connectivity index (χ2v) is 6.82. The van der Waals surface area contributed by atoms with Gasteiger partial charge in [-0.05, 0) is 47.1 Å². The smallest absolute Gasteiger partial charge is 0.251 e. The second-order valence-electron chi connectivity index (χ2n) is 6.82. The molecule has 122 valence electrons. The van der Waals surface area contributed by atoms with Crippen LogP contribution in [-0.2, 0) is 0 Å². The molecule has 0 aromatic heterocycles. The Bertz CT molecular complexity index is 706. The first-order valence-corrected chi connectivity index (χ1v) is 8.66. The van der Waals surface area contributed by atoms with Crippen LogP contribution in [0.1, 0.15) is 54.9 Å². The third-order valence-corrected chi connectivity index (χ3v) is 5.07. The van der Waals surface area contributed by atoms with Gasteiger partial charge in [0.15, 0.2) is 0 Å². The molecule has 3 rings (SSSR count). The molecule has 0 saturated heterocycles. The van der Waals surface area contributed by atoms with Crippen molar-refractivity contribution in [3.05, 3.63) is 47.5 Å². The van der Waals surface area contributed by atoms with Crippen molar-refractivity contribution in [3.8, 4) is 0 Å². The molecule has 1 fully saturated rings. The lowest BCUT2D eigenvalue weighted by atomic mass is 9.98. The number of hydrogen-bond acceptors (Lipinski definition) is 2. The summed E-state index contributed by atoms with van der Waals surface area (Å²) in [5.41, 5.74) is 8.25. The highest BCUT2D eigenvalue weighted by molar-refractivity contribution is 6.07. The first-order valence-electron chi connectivity index (χ1n) is 8.66. The van der Waals surface area contributed by atoms with Crippen molar-refractivity contribution in [2.45, 2.75) is 45.1 Å². The molecule has 3 N–H and O–H groups in total. The monoisotopic (exact) mass is 310 g/mol. The number of benzene rings is 2. The molecule has 1 amide bonds. The van der Waals surface area contributed by atoms with Crippen LogP contribution in [0.3, 0.4) is 0 Å². The zero-order valence-corrected chi connectivity index (χ0v) is 14.0. The predicted octanol–water partition coefficient (Wildman–Crippen LogP) is 3.82. The van der Waals surface area contributed by atoms with Crippen molar-refractivity contribution in [1.29, 1.82) is 0 Å². The van der Waals surface area contributed by atoms with E-state index < -0.39 is 0 Å². The first-order chi connectivity index (χ1) is 11.1. The van der Waals surface area contributed by atoms with Crippen LogP contribution in [-0.4, -0.2) is 18.5 Å². The normalized spacial score (nSPS) is 17.0.